The van der Waals surface area contributed by atoms with E-state index < -0.39 is 18.1 Å². The van der Waals surface area contributed by atoms with Gasteiger partial charge in [0.1, 0.15) is 6.54 Å². The number of hydrogen-bond acceptors (Lipinski definition) is 4. The summed E-state index contributed by atoms with van der Waals surface area (Å²) < 4.78 is 6.19. The number of hydrogen-bond donors (Lipinski definition) is 0. The van der Waals surface area contributed by atoms with Crippen molar-refractivity contribution in [2.75, 3.05) is 0 Å². The Morgan fingerprint density at radius 2 is 1.65 bits per heavy atom. The molecule has 0 aliphatic carbocycles. The highest BCUT2D eigenvalue weighted by atomic mass is 35.5. The zero-order valence-corrected chi connectivity index (χ0v) is 15.4. The molecule has 1 aromatic heterocycles. The maximum atomic E-state index is 12.2. The molecule has 0 spiro atoms. The lowest BCUT2D eigenvalue weighted by molar-refractivity contribution is -0.135. The zero-order valence-electron chi connectivity index (χ0n) is 13.2. The lowest BCUT2D eigenvalue weighted by Crippen LogP contribution is -2.28. The second kappa shape index (κ2) is 7.91. The van der Waals surface area contributed by atoms with Gasteiger partial charge in [-0.2, -0.15) is 5.10 Å². The second-order valence-corrected chi connectivity index (χ2v) is 6.50. The predicted octanol–water partition coefficient (Wildman–Crippen LogP) is 4.48. The van der Waals surface area contributed by atoms with Crippen molar-refractivity contribution in [1.82, 2.24) is 9.78 Å². The van der Waals surface area contributed by atoms with Crippen molar-refractivity contribution >= 4 is 40.8 Å². The predicted molar refractivity (Wildman–Crippen MR) is 101 cm³/mol. The summed E-state index contributed by atoms with van der Waals surface area (Å²) in [6.07, 6.45) is 0. The summed E-state index contributed by atoms with van der Waals surface area (Å²) in [6, 6.07) is 15.0. The van der Waals surface area contributed by atoms with Gasteiger partial charge in [-0.25, -0.2) is 9.48 Å². The second-order valence-electron chi connectivity index (χ2n) is 5.25. The molecule has 0 unspecified atom stereocenters. The molecule has 0 saturated heterocycles. The third kappa shape index (κ3) is 4.25. The van der Waals surface area contributed by atoms with Crippen LogP contribution in [0.5, 0.6) is 5.75 Å². The summed E-state index contributed by atoms with van der Waals surface area (Å²) in [7, 11) is 0. The quantitative estimate of drug-likeness (QED) is 0.471. The first kappa shape index (κ1) is 18.5. The van der Waals surface area contributed by atoms with Gasteiger partial charge in [-0.1, -0.05) is 65.1 Å². The van der Waals surface area contributed by atoms with Crippen LogP contribution in [-0.4, -0.2) is 15.7 Å². The molecule has 0 aliphatic heterocycles. The zero-order chi connectivity index (χ0) is 18.7. The van der Waals surface area contributed by atoms with Gasteiger partial charge in [0, 0.05) is 16.7 Å². The Labute approximate surface area is 163 Å². The standard InChI is InChI=1S/C18H11Cl3N2O3/c19-12-8-13(20)18(14(21)9-12)26-17(25)10-23-16(24)7-6-15(22-23)11-4-2-1-3-5-11/h1-9H,10H2. The fraction of sp³-hybridized carbons (Fsp3) is 0.0556. The van der Waals surface area contributed by atoms with Crippen LogP contribution in [0.4, 0.5) is 0 Å². The molecule has 132 valence electrons. The average molecular weight is 410 g/mol. The summed E-state index contributed by atoms with van der Waals surface area (Å²) in [5, 5.41) is 4.70. The lowest BCUT2D eigenvalue weighted by atomic mass is 10.1. The van der Waals surface area contributed by atoms with Crippen LogP contribution in [-0.2, 0) is 11.3 Å². The molecule has 3 rings (SSSR count). The van der Waals surface area contributed by atoms with E-state index in [1.165, 1.54) is 18.2 Å². The number of ether oxygens (including phenoxy) is 1. The first-order valence-electron chi connectivity index (χ1n) is 7.43. The summed E-state index contributed by atoms with van der Waals surface area (Å²) in [5.41, 5.74) is 0.939. The third-order valence-corrected chi connectivity index (χ3v) is 4.17. The highest BCUT2D eigenvalue weighted by Gasteiger charge is 2.15. The molecule has 0 radical (unpaired) electrons. The molecule has 5 nitrogen and oxygen atoms in total. The van der Waals surface area contributed by atoms with Crippen molar-refractivity contribution < 1.29 is 9.53 Å². The van der Waals surface area contributed by atoms with E-state index in [1.807, 2.05) is 30.3 Å². The van der Waals surface area contributed by atoms with E-state index in [9.17, 15) is 9.59 Å². The van der Waals surface area contributed by atoms with Crippen molar-refractivity contribution in [3.05, 3.63) is 80.0 Å². The number of carbonyl (C=O) groups excluding carboxylic acids is 1. The van der Waals surface area contributed by atoms with E-state index in [4.69, 9.17) is 39.5 Å². The summed E-state index contributed by atoms with van der Waals surface area (Å²) >= 11 is 17.8. The first-order chi connectivity index (χ1) is 12.4. The van der Waals surface area contributed by atoms with Gasteiger partial charge in [0.25, 0.3) is 5.56 Å². The van der Waals surface area contributed by atoms with Crippen LogP contribution < -0.4 is 10.3 Å². The minimum atomic E-state index is -0.740. The number of esters is 1. The van der Waals surface area contributed by atoms with Crippen LogP contribution in [0, 0.1) is 0 Å². The van der Waals surface area contributed by atoms with Gasteiger partial charge in [-0.05, 0) is 18.2 Å². The number of halogens is 3. The molecule has 8 heteroatoms. The van der Waals surface area contributed by atoms with Crippen LogP contribution in [0.1, 0.15) is 0 Å². The summed E-state index contributed by atoms with van der Waals surface area (Å²) in [6.45, 7) is -0.394. The van der Waals surface area contributed by atoms with E-state index in [0.29, 0.717) is 10.7 Å². The SMILES string of the molecule is O=C(Cn1nc(-c2ccccc2)ccc1=O)Oc1c(Cl)cc(Cl)cc1Cl. The van der Waals surface area contributed by atoms with Crippen molar-refractivity contribution in [3.63, 3.8) is 0 Å². The largest absolute Gasteiger partial charge is 0.422 e. The molecule has 0 aliphatic rings. The molecule has 26 heavy (non-hydrogen) atoms. The summed E-state index contributed by atoms with van der Waals surface area (Å²) in [4.78, 5) is 24.2. The van der Waals surface area contributed by atoms with Crippen LogP contribution >= 0.6 is 34.8 Å². The fourth-order valence-electron chi connectivity index (χ4n) is 2.22. The minimum Gasteiger partial charge on any atom is -0.422 e. The van der Waals surface area contributed by atoms with Gasteiger partial charge in [-0.15, -0.1) is 0 Å². The molecule has 3 aromatic rings. The number of nitrogens with zero attached hydrogens (tertiary/aromatic N) is 2. The lowest BCUT2D eigenvalue weighted by Gasteiger charge is -2.10. The molecule has 0 atom stereocenters. The van der Waals surface area contributed by atoms with Gasteiger partial charge in [-0.3, -0.25) is 4.79 Å². The number of rotatable bonds is 4. The van der Waals surface area contributed by atoms with Gasteiger partial charge < -0.3 is 4.74 Å². The molecule has 1 heterocycles. The Morgan fingerprint density at radius 3 is 2.31 bits per heavy atom. The highest BCUT2D eigenvalue weighted by Crippen LogP contribution is 2.35. The molecule has 0 fully saturated rings. The van der Waals surface area contributed by atoms with Gasteiger partial charge in [0.15, 0.2) is 5.75 Å². The molecule has 0 amide bonds. The third-order valence-electron chi connectivity index (χ3n) is 3.39. The highest BCUT2D eigenvalue weighted by molar-refractivity contribution is 6.40. The number of aromatic nitrogens is 2. The topological polar surface area (TPSA) is 61.2 Å². The minimum absolute atomic E-state index is 0.0185. The molecule has 0 bridgehead atoms. The Morgan fingerprint density at radius 1 is 1.00 bits per heavy atom. The van der Waals surface area contributed by atoms with Crippen molar-refractivity contribution in [3.8, 4) is 17.0 Å². The van der Waals surface area contributed by atoms with Gasteiger partial charge in [0.05, 0.1) is 15.7 Å². The van der Waals surface area contributed by atoms with E-state index in [0.717, 1.165) is 10.2 Å². The monoisotopic (exact) mass is 408 g/mol. The molecule has 0 N–H and O–H groups in total. The molecular formula is C18H11Cl3N2O3. The number of benzene rings is 2. The average Bonchev–Trinajstić information content (AvgIpc) is 2.61. The van der Waals surface area contributed by atoms with Crippen LogP contribution in [0.2, 0.25) is 15.1 Å². The van der Waals surface area contributed by atoms with Gasteiger partial charge in [0.2, 0.25) is 0 Å². The van der Waals surface area contributed by atoms with Crippen molar-refractivity contribution in [2.45, 2.75) is 6.54 Å². The van der Waals surface area contributed by atoms with Crippen LogP contribution in [0.15, 0.2) is 59.4 Å². The van der Waals surface area contributed by atoms with E-state index in [1.54, 1.807) is 6.07 Å². The van der Waals surface area contributed by atoms with E-state index >= 15 is 0 Å². The Kier molecular flexibility index (Phi) is 5.61. The smallest absolute Gasteiger partial charge is 0.333 e. The molecule has 2 aromatic carbocycles. The summed E-state index contributed by atoms with van der Waals surface area (Å²) in [5.74, 6) is -0.758. The van der Waals surface area contributed by atoms with Crippen molar-refractivity contribution in [2.24, 2.45) is 0 Å². The molecule has 0 saturated carbocycles. The Hall–Kier alpha value is -2.34. The Bertz CT molecular complexity index is 997. The van der Waals surface area contributed by atoms with Crippen LogP contribution in [0.25, 0.3) is 11.3 Å². The fourth-order valence-corrected chi connectivity index (χ4v) is 3.11. The van der Waals surface area contributed by atoms with E-state index in [2.05, 4.69) is 5.10 Å². The van der Waals surface area contributed by atoms with Crippen LogP contribution in [0.3, 0.4) is 0 Å². The molecular weight excluding hydrogens is 399 g/mol. The first-order valence-corrected chi connectivity index (χ1v) is 8.56. The Balaban J connectivity index is 1.83. The van der Waals surface area contributed by atoms with Gasteiger partial charge >= 0.3 is 5.97 Å². The normalized spacial score (nSPS) is 10.6. The maximum absolute atomic E-state index is 12.2. The van der Waals surface area contributed by atoms with Crippen molar-refractivity contribution in [1.29, 1.82) is 0 Å². The number of carbonyl (C=O) groups is 1. The maximum Gasteiger partial charge on any atom is 0.333 e. The van der Waals surface area contributed by atoms with E-state index in [-0.39, 0.29) is 15.8 Å².